The van der Waals surface area contributed by atoms with Gasteiger partial charge in [0.15, 0.2) is 0 Å². The highest BCUT2D eigenvalue weighted by atomic mass is 15.3. The monoisotopic (exact) mass is 224 g/mol. The Morgan fingerprint density at radius 3 is 2.94 bits per heavy atom. The van der Waals surface area contributed by atoms with Gasteiger partial charge in [-0.25, -0.2) is 0 Å². The van der Waals surface area contributed by atoms with Gasteiger partial charge in [-0.15, -0.1) is 0 Å². The summed E-state index contributed by atoms with van der Waals surface area (Å²) in [6, 6.07) is 2.61. The lowest BCUT2D eigenvalue weighted by Crippen LogP contribution is -2.27. The summed E-state index contributed by atoms with van der Waals surface area (Å²) in [6.45, 7) is 7.37. The summed E-state index contributed by atoms with van der Waals surface area (Å²) in [5, 5.41) is 7.73. The normalized spacial score (nSPS) is 13.3. The van der Waals surface area contributed by atoms with Gasteiger partial charge in [-0.2, -0.15) is 5.10 Å². The van der Waals surface area contributed by atoms with Crippen molar-refractivity contribution in [3.05, 3.63) is 18.0 Å². The Morgan fingerprint density at radius 1 is 1.56 bits per heavy atom. The van der Waals surface area contributed by atoms with Gasteiger partial charge < -0.3 is 5.32 Å². The van der Waals surface area contributed by atoms with E-state index >= 15 is 0 Å². The van der Waals surface area contributed by atoms with Crippen molar-refractivity contribution in [1.29, 1.82) is 0 Å². The lowest BCUT2D eigenvalue weighted by atomic mass is 10.3. The molecule has 4 heteroatoms. The number of hydrogen-bond donors (Lipinski definition) is 1. The zero-order valence-corrected chi connectivity index (χ0v) is 10.9. The molecule has 0 spiro atoms. The first-order chi connectivity index (χ1) is 7.67. The fraction of sp³-hybridized carbons (Fsp3) is 0.750. The van der Waals surface area contributed by atoms with Crippen LogP contribution in [0.3, 0.4) is 0 Å². The summed E-state index contributed by atoms with van der Waals surface area (Å²) in [4.78, 5) is 2.28. The standard InChI is InChI=1S/C12H24N4/c1-5-11(2)16-8-6-12(14-16)10-15(4)9-7-13-3/h6,8,11,13H,5,7,9-10H2,1-4H3. The maximum Gasteiger partial charge on any atom is 0.0764 e. The molecule has 0 aliphatic carbocycles. The van der Waals surface area contributed by atoms with Crippen LogP contribution in [0, 0.1) is 0 Å². The Balaban J connectivity index is 2.45. The molecule has 0 aromatic carbocycles. The molecule has 0 saturated carbocycles. The largest absolute Gasteiger partial charge is 0.318 e. The maximum atomic E-state index is 4.58. The number of aromatic nitrogens is 2. The second-order valence-corrected chi connectivity index (χ2v) is 4.39. The Kier molecular flexibility index (Phi) is 5.49. The van der Waals surface area contributed by atoms with Crippen LogP contribution in [-0.2, 0) is 6.54 Å². The van der Waals surface area contributed by atoms with Crippen LogP contribution in [0.25, 0.3) is 0 Å². The zero-order chi connectivity index (χ0) is 12.0. The molecule has 1 aromatic heterocycles. The summed E-state index contributed by atoms with van der Waals surface area (Å²) in [6.07, 6.45) is 3.20. The van der Waals surface area contributed by atoms with Gasteiger partial charge in [-0.1, -0.05) is 6.92 Å². The van der Waals surface area contributed by atoms with Crippen molar-refractivity contribution in [3.8, 4) is 0 Å². The highest BCUT2D eigenvalue weighted by Gasteiger charge is 2.06. The average Bonchev–Trinajstić information content (AvgIpc) is 2.73. The molecule has 0 aliphatic rings. The predicted molar refractivity (Wildman–Crippen MR) is 67.5 cm³/mol. The summed E-state index contributed by atoms with van der Waals surface area (Å²) < 4.78 is 2.06. The number of nitrogens with one attached hydrogen (secondary N) is 1. The van der Waals surface area contributed by atoms with Gasteiger partial charge in [-0.05, 0) is 33.5 Å². The minimum absolute atomic E-state index is 0.497. The Labute approximate surface area is 98.6 Å². The topological polar surface area (TPSA) is 33.1 Å². The molecule has 0 aliphatic heterocycles. The number of nitrogens with zero attached hydrogens (tertiary/aromatic N) is 3. The van der Waals surface area contributed by atoms with Crippen LogP contribution >= 0.6 is 0 Å². The minimum Gasteiger partial charge on any atom is -0.318 e. The van der Waals surface area contributed by atoms with Crippen LogP contribution in [0.1, 0.15) is 32.0 Å². The van der Waals surface area contributed by atoms with E-state index in [1.54, 1.807) is 0 Å². The second kappa shape index (κ2) is 6.66. The molecular formula is C12H24N4. The quantitative estimate of drug-likeness (QED) is 0.762. The lowest BCUT2D eigenvalue weighted by Gasteiger charge is -2.14. The van der Waals surface area contributed by atoms with E-state index in [0.29, 0.717) is 6.04 Å². The van der Waals surface area contributed by atoms with Crippen molar-refractivity contribution in [2.24, 2.45) is 0 Å². The maximum absolute atomic E-state index is 4.58. The first-order valence-electron chi connectivity index (χ1n) is 6.04. The second-order valence-electron chi connectivity index (χ2n) is 4.39. The zero-order valence-electron chi connectivity index (χ0n) is 10.9. The van der Waals surface area contributed by atoms with E-state index in [4.69, 9.17) is 0 Å². The summed E-state index contributed by atoms with van der Waals surface area (Å²) in [5.74, 6) is 0. The molecule has 1 unspecified atom stereocenters. The van der Waals surface area contributed by atoms with Crippen LogP contribution in [-0.4, -0.2) is 41.9 Å². The number of hydrogen-bond acceptors (Lipinski definition) is 3. The highest BCUT2D eigenvalue weighted by Crippen LogP contribution is 2.09. The van der Waals surface area contributed by atoms with Gasteiger partial charge >= 0.3 is 0 Å². The molecule has 0 fully saturated rings. The Bertz CT molecular complexity index is 295. The van der Waals surface area contributed by atoms with Crippen LogP contribution in [0.2, 0.25) is 0 Å². The van der Waals surface area contributed by atoms with E-state index in [9.17, 15) is 0 Å². The van der Waals surface area contributed by atoms with Gasteiger partial charge in [0.05, 0.1) is 5.69 Å². The van der Waals surface area contributed by atoms with Gasteiger partial charge in [0.25, 0.3) is 0 Å². The van der Waals surface area contributed by atoms with E-state index in [1.807, 2.05) is 7.05 Å². The minimum atomic E-state index is 0.497. The molecule has 0 saturated heterocycles. The summed E-state index contributed by atoms with van der Waals surface area (Å²) in [7, 11) is 4.10. The van der Waals surface area contributed by atoms with Crippen LogP contribution in [0.4, 0.5) is 0 Å². The van der Waals surface area contributed by atoms with Crippen molar-refractivity contribution < 1.29 is 0 Å². The third kappa shape index (κ3) is 3.94. The molecule has 0 radical (unpaired) electrons. The molecular weight excluding hydrogens is 200 g/mol. The smallest absolute Gasteiger partial charge is 0.0764 e. The molecule has 4 nitrogen and oxygen atoms in total. The van der Waals surface area contributed by atoms with E-state index < -0.39 is 0 Å². The summed E-state index contributed by atoms with van der Waals surface area (Å²) >= 11 is 0. The fourth-order valence-electron chi connectivity index (χ4n) is 1.55. The van der Waals surface area contributed by atoms with Crippen molar-refractivity contribution >= 4 is 0 Å². The first kappa shape index (κ1) is 13.2. The lowest BCUT2D eigenvalue weighted by molar-refractivity contribution is 0.321. The van der Waals surface area contributed by atoms with Crippen molar-refractivity contribution in [2.75, 3.05) is 27.2 Å². The van der Waals surface area contributed by atoms with Gasteiger partial charge in [0.2, 0.25) is 0 Å². The van der Waals surface area contributed by atoms with Gasteiger partial charge in [-0.3, -0.25) is 9.58 Å². The van der Waals surface area contributed by atoms with Crippen molar-refractivity contribution in [2.45, 2.75) is 32.9 Å². The predicted octanol–water partition coefficient (Wildman–Crippen LogP) is 1.51. The molecule has 1 heterocycles. The van der Waals surface area contributed by atoms with Gasteiger partial charge in [0.1, 0.15) is 0 Å². The molecule has 92 valence electrons. The van der Waals surface area contributed by atoms with E-state index in [2.05, 4.69) is 53.2 Å². The molecule has 0 amide bonds. The van der Waals surface area contributed by atoms with Gasteiger partial charge in [0, 0.05) is 31.9 Å². The SMILES string of the molecule is CCC(C)n1ccc(CN(C)CCNC)n1. The van der Waals surface area contributed by atoms with Crippen LogP contribution < -0.4 is 5.32 Å². The number of rotatable bonds is 7. The molecule has 1 aromatic rings. The average molecular weight is 224 g/mol. The van der Waals surface area contributed by atoms with Crippen LogP contribution in [0.5, 0.6) is 0 Å². The third-order valence-corrected chi connectivity index (χ3v) is 2.88. The molecule has 1 atom stereocenters. The summed E-state index contributed by atoms with van der Waals surface area (Å²) in [5.41, 5.74) is 1.15. The molecule has 1 rings (SSSR count). The number of likely N-dealkylation sites (N-methyl/N-ethyl adjacent to an activating group) is 2. The first-order valence-corrected chi connectivity index (χ1v) is 6.04. The third-order valence-electron chi connectivity index (χ3n) is 2.88. The van der Waals surface area contributed by atoms with Crippen molar-refractivity contribution in [1.82, 2.24) is 20.0 Å². The van der Waals surface area contributed by atoms with E-state index in [0.717, 1.165) is 31.7 Å². The fourth-order valence-corrected chi connectivity index (χ4v) is 1.55. The van der Waals surface area contributed by atoms with E-state index in [1.165, 1.54) is 0 Å². The molecule has 16 heavy (non-hydrogen) atoms. The Morgan fingerprint density at radius 2 is 2.31 bits per heavy atom. The molecule has 0 bridgehead atoms. The van der Waals surface area contributed by atoms with Crippen LogP contribution in [0.15, 0.2) is 12.3 Å². The highest BCUT2D eigenvalue weighted by molar-refractivity contribution is 4.99. The molecule has 1 N–H and O–H groups in total. The van der Waals surface area contributed by atoms with E-state index in [-0.39, 0.29) is 0 Å². The van der Waals surface area contributed by atoms with Crippen molar-refractivity contribution in [3.63, 3.8) is 0 Å². The Hall–Kier alpha value is -0.870.